The Hall–Kier alpha value is -3.25. The van der Waals surface area contributed by atoms with E-state index in [-0.39, 0.29) is 48.4 Å². The van der Waals surface area contributed by atoms with E-state index in [1.165, 1.54) is 0 Å². The van der Waals surface area contributed by atoms with Gasteiger partial charge in [-0.1, -0.05) is 37.3 Å². The summed E-state index contributed by atoms with van der Waals surface area (Å²) in [6.07, 6.45) is 0.670. The lowest BCUT2D eigenvalue weighted by molar-refractivity contribution is -0.150. The van der Waals surface area contributed by atoms with Gasteiger partial charge in [0.15, 0.2) is 13.9 Å². The fourth-order valence-electron chi connectivity index (χ4n) is 7.62. The molecule has 10 nitrogen and oxygen atoms in total. The van der Waals surface area contributed by atoms with E-state index in [2.05, 4.69) is 0 Å². The fraction of sp³-hybridized carbons (Fsp3) is 0.516. The van der Waals surface area contributed by atoms with Crippen LogP contribution in [0, 0.1) is 5.92 Å². The van der Waals surface area contributed by atoms with Crippen LogP contribution in [0.25, 0.3) is 0 Å². The van der Waals surface area contributed by atoms with Gasteiger partial charge in [-0.2, -0.15) is 0 Å². The summed E-state index contributed by atoms with van der Waals surface area (Å²) in [6, 6.07) is 14.9. The zero-order valence-corrected chi connectivity index (χ0v) is 25.4. The molecule has 2 aromatic rings. The van der Waals surface area contributed by atoms with Crippen molar-refractivity contribution >= 4 is 37.6 Å². The second-order valence-corrected chi connectivity index (χ2v) is 16.4. The highest BCUT2D eigenvalue weighted by atomic mass is 28.4. The van der Waals surface area contributed by atoms with Gasteiger partial charge in [0.05, 0.1) is 44.0 Å². The van der Waals surface area contributed by atoms with Crippen LogP contribution in [0.2, 0.25) is 18.6 Å². The molecule has 3 saturated heterocycles. The van der Waals surface area contributed by atoms with Crippen LogP contribution in [0.3, 0.4) is 0 Å². The van der Waals surface area contributed by atoms with Gasteiger partial charge < -0.3 is 29.2 Å². The molecule has 6 rings (SSSR count). The van der Waals surface area contributed by atoms with Crippen LogP contribution in [0.15, 0.2) is 48.5 Å². The molecule has 0 bridgehead atoms. The second-order valence-electron chi connectivity index (χ2n) is 12.5. The number of hydrogen-bond acceptors (Lipinski definition) is 7. The number of rotatable bonds is 7. The molecule has 4 aliphatic heterocycles. The number of likely N-dealkylation sites (tertiary alicyclic amines) is 1. The molecular formula is C31H39N3O7Si. The van der Waals surface area contributed by atoms with Gasteiger partial charge in [0.1, 0.15) is 6.61 Å². The summed E-state index contributed by atoms with van der Waals surface area (Å²) in [5, 5.41) is 9.78. The van der Waals surface area contributed by atoms with Gasteiger partial charge in [-0.3, -0.25) is 14.5 Å². The number of para-hydroxylation sites is 1. The number of carbonyl (C=O) groups is 3. The van der Waals surface area contributed by atoms with E-state index in [1.54, 1.807) is 14.7 Å². The lowest BCUT2D eigenvalue weighted by Crippen LogP contribution is -2.46. The summed E-state index contributed by atoms with van der Waals surface area (Å²) in [6.45, 7) is 7.35. The molecule has 0 aliphatic carbocycles. The highest BCUT2D eigenvalue weighted by Gasteiger charge is 2.66. The highest BCUT2D eigenvalue weighted by Crippen LogP contribution is 2.59. The van der Waals surface area contributed by atoms with Crippen LogP contribution in [0.5, 0.6) is 0 Å². The van der Waals surface area contributed by atoms with E-state index in [0.29, 0.717) is 26.2 Å². The van der Waals surface area contributed by atoms with Crippen molar-refractivity contribution in [1.82, 2.24) is 4.90 Å². The third-order valence-corrected chi connectivity index (χ3v) is 12.0. The molecule has 0 aromatic heterocycles. The van der Waals surface area contributed by atoms with E-state index in [4.69, 9.17) is 9.47 Å². The predicted octanol–water partition coefficient (Wildman–Crippen LogP) is 3.36. The van der Waals surface area contributed by atoms with Crippen molar-refractivity contribution < 1.29 is 33.8 Å². The van der Waals surface area contributed by atoms with E-state index >= 15 is 0 Å². The summed E-state index contributed by atoms with van der Waals surface area (Å²) in [4.78, 5) is 56.5. The molecule has 4 aliphatic rings. The van der Waals surface area contributed by atoms with Crippen molar-refractivity contribution in [3.8, 4) is 0 Å². The maximum absolute atomic E-state index is 14.5. The van der Waals surface area contributed by atoms with E-state index < -0.39 is 20.0 Å². The number of ether oxygens (including phenoxy) is 2. The molecule has 5 atom stereocenters. The van der Waals surface area contributed by atoms with Crippen LogP contribution in [0.1, 0.15) is 37.3 Å². The highest BCUT2D eigenvalue weighted by molar-refractivity contribution is 6.71. The molecule has 224 valence electrons. The first-order valence-electron chi connectivity index (χ1n) is 14.8. The molecule has 2 N–H and O–H groups in total. The van der Waals surface area contributed by atoms with Crippen molar-refractivity contribution in [1.29, 1.82) is 0 Å². The number of anilines is 2. The SMILES string of the molecule is C[C@H]1[C@H]([Si](C)(C)O)[C@@H](CC(=O)N2CCC[C@H]2CO)O[C@]12C(=O)N(Cc1ccc(N3CCOC3=O)cc1)c1ccccc12. The minimum atomic E-state index is -2.91. The van der Waals surface area contributed by atoms with Gasteiger partial charge in [-0.15, -0.1) is 0 Å². The van der Waals surface area contributed by atoms with Gasteiger partial charge in [0.2, 0.25) is 5.91 Å². The minimum Gasteiger partial charge on any atom is -0.447 e. The molecule has 42 heavy (non-hydrogen) atoms. The zero-order valence-electron chi connectivity index (χ0n) is 24.4. The number of fused-ring (bicyclic) bond motifs is 2. The number of carbonyl (C=O) groups excluding carboxylic acids is 3. The Bertz CT molecular complexity index is 1380. The number of nitrogens with zero attached hydrogens (tertiary/aromatic N) is 3. The number of cyclic esters (lactones) is 1. The summed E-state index contributed by atoms with van der Waals surface area (Å²) >= 11 is 0. The maximum atomic E-state index is 14.5. The van der Waals surface area contributed by atoms with Crippen molar-refractivity contribution in [3.63, 3.8) is 0 Å². The molecular weight excluding hydrogens is 554 g/mol. The predicted molar refractivity (Wildman–Crippen MR) is 158 cm³/mol. The molecule has 1 spiro atoms. The van der Waals surface area contributed by atoms with Crippen LogP contribution >= 0.6 is 0 Å². The Balaban J connectivity index is 1.30. The van der Waals surface area contributed by atoms with Gasteiger partial charge in [0, 0.05) is 29.3 Å². The standard InChI is InChI=1S/C31H39N3O7Si/c1-20-28(42(2,3)39)26(17-27(36)32-14-6-7-23(32)19-35)41-31(20)24-8-4-5-9-25(24)34(29(31)37)18-21-10-12-22(13-11-21)33-15-16-40-30(33)38/h4-5,8-13,20,23,26,28,35,39H,6-7,14-19H2,1-3H3/t20-,23-,26+,28-,31+/m0/s1. The van der Waals surface area contributed by atoms with E-state index in [9.17, 15) is 24.3 Å². The molecule has 0 unspecified atom stereocenters. The molecule has 0 saturated carbocycles. The quantitative estimate of drug-likeness (QED) is 0.473. The third-order valence-electron chi connectivity index (χ3n) is 9.52. The maximum Gasteiger partial charge on any atom is 0.414 e. The topological polar surface area (TPSA) is 120 Å². The summed E-state index contributed by atoms with van der Waals surface area (Å²) in [5.41, 5.74) is 1.47. The van der Waals surface area contributed by atoms with Crippen LogP contribution in [-0.2, 0) is 31.2 Å². The summed E-state index contributed by atoms with van der Waals surface area (Å²) in [7, 11) is -2.91. The fourth-order valence-corrected chi connectivity index (χ4v) is 10.2. The van der Waals surface area contributed by atoms with E-state index in [0.717, 1.165) is 35.3 Å². The van der Waals surface area contributed by atoms with E-state index in [1.807, 2.05) is 68.5 Å². The normalized spacial score (nSPS) is 29.1. The Labute approximate surface area is 246 Å². The first-order chi connectivity index (χ1) is 20.1. The average Bonchev–Trinajstić information content (AvgIpc) is 3.72. The Morgan fingerprint density at radius 3 is 2.50 bits per heavy atom. The minimum absolute atomic E-state index is 0.0556. The molecule has 2 aromatic carbocycles. The first-order valence-corrected chi connectivity index (χ1v) is 17.8. The number of benzene rings is 2. The Kier molecular flexibility index (Phi) is 7.41. The zero-order chi connectivity index (χ0) is 29.8. The van der Waals surface area contributed by atoms with Crippen molar-refractivity contribution in [2.75, 3.05) is 36.1 Å². The summed E-state index contributed by atoms with van der Waals surface area (Å²) in [5.74, 6) is -0.672. The monoisotopic (exact) mass is 593 g/mol. The third kappa shape index (κ3) is 4.63. The smallest absolute Gasteiger partial charge is 0.414 e. The van der Waals surface area contributed by atoms with Crippen LogP contribution in [0.4, 0.5) is 16.2 Å². The number of aliphatic hydroxyl groups is 1. The van der Waals surface area contributed by atoms with Gasteiger partial charge >= 0.3 is 6.09 Å². The molecule has 3 amide bonds. The number of amides is 3. The van der Waals surface area contributed by atoms with Gasteiger partial charge in [-0.05, 0) is 49.7 Å². The Morgan fingerprint density at radius 1 is 1.10 bits per heavy atom. The molecule has 0 radical (unpaired) electrons. The van der Waals surface area contributed by atoms with Crippen molar-refractivity contribution in [2.45, 2.75) is 69.1 Å². The average molecular weight is 594 g/mol. The van der Waals surface area contributed by atoms with Crippen molar-refractivity contribution in [2.24, 2.45) is 5.92 Å². The summed E-state index contributed by atoms with van der Waals surface area (Å²) < 4.78 is 11.8. The first kappa shape index (κ1) is 28.8. The van der Waals surface area contributed by atoms with Crippen LogP contribution < -0.4 is 9.80 Å². The second kappa shape index (κ2) is 10.8. The Morgan fingerprint density at radius 2 is 1.83 bits per heavy atom. The van der Waals surface area contributed by atoms with Crippen molar-refractivity contribution in [3.05, 3.63) is 59.7 Å². The lowest BCUT2D eigenvalue weighted by Gasteiger charge is -2.32. The molecule has 11 heteroatoms. The van der Waals surface area contributed by atoms with Gasteiger partial charge in [0.25, 0.3) is 5.91 Å². The van der Waals surface area contributed by atoms with Crippen LogP contribution in [-0.4, -0.2) is 79.5 Å². The number of aliphatic hydroxyl groups excluding tert-OH is 1. The largest absolute Gasteiger partial charge is 0.447 e. The number of hydrogen-bond donors (Lipinski definition) is 2. The lowest BCUT2D eigenvalue weighted by atomic mass is 9.82. The molecule has 3 fully saturated rings. The van der Waals surface area contributed by atoms with Gasteiger partial charge in [-0.25, -0.2) is 4.79 Å². The molecule has 4 heterocycles.